The van der Waals surface area contributed by atoms with Crippen molar-refractivity contribution in [3.05, 3.63) is 82.0 Å². The molecule has 0 aliphatic rings. The zero-order chi connectivity index (χ0) is 20.1. The number of carbonyl (C=O) groups is 1. The molecule has 3 rings (SSSR count). The Hall–Kier alpha value is -3.88. The molecule has 0 spiro atoms. The molecule has 1 aromatic heterocycles. The van der Waals surface area contributed by atoms with Gasteiger partial charge in [-0.1, -0.05) is 0 Å². The van der Waals surface area contributed by atoms with E-state index in [0.29, 0.717) is 11.5 Å². The number of amides is 1. The van der Waals surface area contributed by atoms with Crippen molar-refractivity contribution >= 4 is 17.3 Å². The van der Waals surface area contributed by atoms with Crippen LogP contribution >= 0.6 is 0 Å². The Balaban J connectivity index is 1.68. The average molecular weight is 386 g/mol. The molecule has 0 bridgehead atoms. The molecule has 28 heavy (non-hydrogen) atoms. The van der Waals surface area contributed by atoms with Crippen LogP contribution in [-0.2, 0) is 6.61 Å². The summed E-state index contributed by atoms with van der Waals surface area (Å²) >= 11 is 0. The molecular formula is C19H15FN2O6. The van der Waals surface area contributed by atoms with E-state index in [-0.39, 0.29) is 35.3 Å². The topological polar surface area (TPSA) is 104 Å². The maximum Gasteiger partial charge on any atom is 0.291 e. The van der Waals surface area contributed by atoms with Crippen molar-refractivity contribution in [2.24, 2.45) is 0 Å². The highest BCUT2D eigenvalue weighted by molar-refractivity contribution is 6.03. The SMILES string of the molecule is COc1ccc([N+](=O)[O-])cc1NC(=O)c1ccc(COc2ccc(F)cc2)o1. The molecule has 1 N–H and O–H groups in total. The molecule has 8 nitrogen and oxygen atoms in total. The van der Waals surface area contributed by atoms with Crippen LogP contribution in [-0.4, -0.2) is 17.9 Å². The van der Waals surface area contributed by atoms with E-state index >= 15 is 0 Å². The van der Waals surface area contributed by atoms with E-state index in [1.165, 1.54) is 55.6 Å². The Bertz CT molecular complexity index is 1000. The summed E-state index contributed by atoms with van der Waals surface area (Å²) in [6.45, 7) is 0.0407. The van der Waals surface area contributed by atoms with Crippen molar-refractivity contribution in [3.8, 4) is 11.5 Å². The van der Waals surface area contributed by atoms with E-state index in [2.05, 4.69) is 5.32 Å². The second-order valence-corrected chi connectivity index (χ2v) is 5.60. The highest BCUT2D eigenvalue weighted by atomic mass is 19.1. The lowest BCUT2D eigenvalue weighted by Gasteiger charge is -2.09. The summed E-state index contributed by atoms with van der Waals surface area (Å²) in [5, 5.41) is 13.4. The zero-order valence-corrected chi connectivity index (χ0v) is 14.7. The fraction of sp³-hybridized carbons (Fsp3) is 0.105. The van der Waals surface area contributed by atoms with Gasteiger partial charge in [0.1, 0.15) is 29.7 Å². The number of nitrogens with one attached hydrogen (secondary N) is 1. The fourth-order valence-corrected chi connectivity index (χ4v) is 2.35. The molecule has 0 radical (unpaired) electrons. The summed E-state index contributed by atoms with van der Waals surface area (Å²) in [6.07, 6.45) is 0. The van der Waals surface area contributed by atoms with Gasteiger partial charge in [0.15, 0.2) is 5.76 Å². The van der Waals surface area contributed by atoms with E-state index in [9.17, 15) is 19.3 Å². The first-order valence-electron chi connectivity index (χ1n) is 8.07. The number of carbonyl (C=O) groups excluding carboxylic acids is 1. The number of furan rings is 1. The van der Waals surface area contributed by atoms with Crippen LogP contribution in [0, 0.1) is 15.9 Å². The van der Waals surface area contributed by atoms with Crippen molar-refractivity contribution in [2.45, 2.75) is 6.61 Å². The highest BCUT2D eigenvalue weighted by Crippen LogP contribution is 2.29. The first-order valence-corrected chi connectivity index (χ1v) is 8.07. The van der Waals surface area contributed by atoms with Gasteiger partial charge in [0.25, 0.3) is 11.6 Å². The molecule has 0 unspecified atom stereocenters. The highest BCUT2D eigenvalue weighted by Gasteiger charge is 2.17. The van der Waals surface area contributed by atoms with E-state index in [1.807, 2.05) is 0 Å². The van der Waals surface area contributed by atoms with Crippen LogP contribution in [0.25, 0.3) is 0 Å². The minimum absolute atomic E-state index is 0.00809. The Morgan fingerprint density at radius 1 is 1.18 bits per heavy atom. The summed E-state index contributed by atoms with van der Waals surface area (Å²) in [7, 11) is 1.38. The minimum atomic E-state index is -0.605. The third kappa shape index (κ3) is 4.44. The van der Waals surface area contributed by atoms with Crippen LogP contribution in [0.1, 0.15) is 16.3 Å². The number of benzene rings is 2. The number of methoxy groups -OCH3 is 1. The molecule has 3 aromatic rings. The average Bonchev–Trinajstić information content (AvgIpc) is 3.16. The van der Waals surface area contributed by atoms with Gasteiger partial charge in [0.05, 0.1) is 17.7 Å². The number of nitro benzene ring substituents is 1. The molecule has 0 atom stereocenters. The predicted molar refractivity (Wildman–Crippen MR) is 97.0 cm³/mol. The Morgan fingerprint density at radius 2 is 1.93 bits per heavy atom. The zero-order valence-electron chi connectivity index (χ0n) is 14.7. The van der Waals surface area contributed by atoms with Gasteiger partial charge in [-0.25, -0.2) is 4.39 Å². The van der Waals surface area contributed by atoms with Crippen LogP contribution in [0.5, 0.6) is 11.5 Å². The van der Waals surface area contributed by atoms with E-state index in [4.69, 9.17) is 13.9 Å². The van der Waals surface area contributed by atoms with Crippen LogP contribution in [0.2, 0.25) is 0 Å². The molecule has 2 aromatic carbocycles. The van der Waals surface area contributed by atoms with Gasteiger partial charge in [0, 0.05) is 12.1 Å². The molecule has 9 heteroatoms. The largest absolute Gasteiger partial charge is 0.495 e. The number of nitrogens with zero attached hydrogens (tertiary/aromatic N) is 1. The number of nitro groups is 1. The predicted octanol–water partition coefficient (Wildman–Crippen LogP) is 4.17. The van der Waals surface area contributed by atoms with E-state index < -0.39 is 10.8 Å². The Kier molecular flexibility index (Phi) is 5.54. The van der Waals surface area contributed by atoms with Crippen molar-refractivity contribution in [1.29, 1.82) is 0 Å². The molecule has 1 heterocycles. The van der Waals surface area contributed by atoms with Gasteiger partial charge in [-0.2, -0.15) is 0 Å². The van der Waals surface area contributed by atoms with E-state index in [1.54, 1.807) is 6.07 Å². The van der Waals surface area contributed by atoms with Crippen molar-refractivity contribution in [1.82, 2.24) is 0 Å². The summed E-state index contributed by atoms with van der Waals surface area (Å²) in [6, 6.07) is 12.3. The van der Waals surface area contributed by atoms with Crippen molar-refractivity contribution < 1.29 is 28.0 Å². The second kappa shape index (κ2) is 8.21. The lowest BCUT2D eigenvalue weighted by atomic mass is 10.2. The summed E-state index contributed by atoms with van der Waals surface area (Å²) < 4.78 is 28.9. The number of ether oxygens (including phenoxy) is 2. The number of rotatable bonds is 7. The van der Waals surface area contributed by atoms with Crippen LogP contribution in [0.3, 0.4) is 0 Å². The number of halogens is 1. The molecule has 0 fully saturated rings. The third-order valence-corrected chi connectivity index (χ3v) is 3.72. The summed E-state index contributed by atoms with van der Waals surface area (Å²) in [5.41, 5.74) is -0.0499. The lowest BCUT2D eigenvalue weighted by molar-refractivity contribution is -0.384. The maximum absolute atomic E-state index is 12.9. The normalized spacial score (nSPS) is 10.4. The maximum atomic E-state index is 12.9. The smallest absolute Gasteiger partial charge is 0.291 e. The quantitative estimate of drug-likeness (QED) is 0.483. The first kappa shape index (κ1) is 18.9. The second-order valence-electron chi connectivity index (χ2n) is 5.60. The van der Waals surface area contributed by atoms with Gasteiger partial charge in [0.2, 0.25) is 0 Å². The van der Waals surface area contributed by atoms with Gasteiger partial charge in [-0.3, -0.25) is 14.9 Å². The Labute approximate surface area is 158 Å². The first-order chi connectivity index (χ1) is 13.5. The fourth-order valence-electron chi connectivity index (χ4n) is 2.35. The van der Waals surface area contributed by atoms with Crippen molar-refractivity contribution in [3.63, 3.8) is 0 Å². The van der Waals surface area contributed by atoms with Crippen molar-refractivity contribution in [2.75, 3.05) is 12.4 Å². The molecule has 0 saturated heterocycles. The molecule has 0 aliphatic carbocycles. The lowest BCUT2D eigenvalue weighted by Crippen LogP contribution is -2.12. The van der Waals surface area contributed by atoms with Gasteiger partial charge in [-0.05, 0) is 42.5 Å². The minimum Gasteiger partial charge on any atom is -0.495 e. The summed E-state index contributed by atoms with van der Waals surface area (Å²) in [5.74, 6) is 0.106. The molecule has 144 valence electrons. The number of anilines is 1. The van der Waals surface area contributed by atoms with Crippen LogP contribution < -0.4 is 14.8 Å². The van der Waals surface area contributed by atoms with Crippen LogP contribution in [0.15, 0.2) is 59.0 Å². The number of hydrogen-bond acceptors (Lipinski definition) is 6. The number of hydrogen-bond donors (Lipinski definition) is 1. The molecule has 1 amide bonds. The van der Waals surface area contributed by atoms with E-state index in [0.717, 1.165) is 0 Å². The molecular weight excluding hydrogens is 371 g/mol. The Morgan fingerprint density at radius 3 is 2.61 bits per heavy atom. The summed E-state index contributed by atoms with van der Waals surface area (Å²) in [4.78, 5) is 22.7. The van der Waals surface area contributed by atoms with Gasteiger partial charge >= 0.3 is 0 Å². The molecule has 0 aliphatic heterocycles. The third-order valence-electron chi connectivity index (χ3n) is 3.72. The number of non-ortho nitro benzene ring substituents is 1. The van der Waals surface area contributed by atoms with Gasteiger partial charge < -0.3 is 19.2 Å². The van der Waals surface area contributed by atoms with Crippen LogP contribution in [0.4, 0.5) is 15.8 Å². The molecule has 0 saturated carbocycles. The monoisotopic (exact) mass is 386 g/mol. The van der Waals surface area contributed by atoms with Gasteiger partial charge in [-0.15, -0.1) is 0 Å². The standard InChI is InChI=1S/C19H15FN2O6/c1-26-17-8-4-13(22(24)25)10-16(17)21-19(23)18-9-7-15(28-18)11-27-14-5-2-12(20)3-6-14/h2-10H,11H2,1H3,(H,21,23).